The number of nitrogens with zero attached hydrogens (tertiary/aromatic N) is 1. The third kappa shape index (κ3) is 3.37. The Morgan fingerprint density at radius 1 is 1.42 bits per heavy atom. The Bertz CT molecular complexity index is 571. The molecular weight excluding hydrogens is 286 g/mol. The number of halogens is 1. The Morgan fingerprint density at radius 2 is 2.21 bits per heavy atom. The number of aliphatic hydroxyl groups excluding tert-OH is 1. The molecule has 102 valence electrons. The van der Waals surface area contributed by atoms with E-state index in [4.69, 9.17) is 26.2 Å². The van der Waals surface area contributed by atoms with E-state index in [2.05, 4.69) is 4.98 Å². The van der Waals surface area contributed by atoms with Crippen molar-refractivity contribution in [1.29, 1.82) is 0 Å². The highest BCUT2D eigenvalue weighted by molar-refractivity contribution is 7.09. The molecule has 0 atom stereocenters. The van der Waals surface area contributed by atoms with Gasteiger partial charge in [-0.3, -0.25) is 0 Å². The molecule has 1 aromatic heterocycles. The molecule has 0 unspecified atom stereocenters. The minimum absolute atomic E-state index is 0.0956. The number of benzene rings is 1. The molecule has 0 fully saturated rings. The highest BCUT2D eigenvalue weighted by Crippen LogP contribution is 2.37. The molecule has 1 aromatic carbocycles. The Kier molecular flexibility index (Phi) is 4.63. The van der Waals surface area contributed by atoms with Crippen LogP contribution in [0.5, 0.6) is 11.5 Å². The summed E-state index contributed by atoms with van der Waals surface area (Å²) < 4.78 is 10.9. The number of ether oxygens (including phenoxy) is 2. The van der Waals surface area contributed by atoms with Crippen molar-refractivity contribution in [2.24, 2.45) is 0 Å². The van der Waals surface area contributed by atoms with Crippen molar-refractivity contribution in [3.63, 3.8) is 0 Å². The molecule has 0 saturated carbocycles. The maximum absolute atomic E-state index is 9.12. The van der Waals surface area contributed by atoms with Crippen molar-refractivity contribution in [2.75, 3.05) is 7.11 Å². The van der Waals surface area contributed by atoms with Gasteiger partial charge in [0.25, 0.3) is 0 Å². The predicted octanol–water partition coefficient (Wildman–Crippen LogP) is 3.18. The molecule has 2 aromatic rings. The first-order chi connectivity index (χ1) is 9.13. The van der Waals surface area contributed by atoms with Crippen LogP contribution in [-0.4, -0.2) is 17.2 Å². The quantitative estimate of drug-likeness (QED) is 0.921. The van der Waals surface area contributed by atoms with Gasteiger partial charge in [0.05, 0.1) is 29.4 Å². The zero-order chi connectivity index (χ0) is 13.8. The monoisotopic (exact) mass is 299 g/mol. The normalized spacial score (nSPS) is 10.5. The van der Waals surface area contributed by atoms with Gasteiger partial charge in [0.15, 0.2) is 11.5 Å². The smallest absolute Gasteiger partial charge is 0.180 e. The van der Waals surface area contributed by atoms with Crippen molar-refractivity contribution in [2.45, 2.75) is 20.1 Å². The van der Waals surface area contributed by atoms with Crippen LogP contribution in [0.3, 0.4) is 0 Å². The molecule has 6 heteroatoms. The number of aryl methyl sites for hydroxylation is 1. The lowest BCUT2D eigenvalue weighted by Crippen LogP contribution is -2.00. The summed E-state index contributed by atoms with van der Waals surface area (Å²) >= 11 is 7.70. The molecule has 4 nitrogen and oxygen atoms in total. The topological polar surface area (TPSA) is 51.6 Å². The van der Waals surface area contributed by atoms with Crippen LogP contribution in [0, 0.1) is 6.92 Å². The summed E-state index contributed by atoms with van der Waals surface area (Å²) in [5.74, 6) is 0.968. The van der Waals surface area contributed by atoms with Crippen molar-refractivity contribution < 1.29 is 14.6 Å². The molecule has 0 saturated heterocycles. The van der Waals surface area contributed by atoms with Crippen molar-refractivity contribution >= 4 is 22.9 Å². The van der Waals surface area contributed by atoms with Crippen LogP contribution in [0.4, 0.5) is 0 Å². The largest absolute Gasteiger partial charge is 0.493 e. The summed E-state index contributed by atoms with van der Waals surface area (Å²) in [6.45, 7) is 2.18. The molecule has 1 N–H and O–H groups in total. The van der Waals surface area contributed by atoms with E-state index in [0.29, 0.717) is 28.7 Å². The number of hydrogen-bond acceptors (Lipinski definition) is 5. The Labute approximate surface area is 120 Å². The lowest BCUT2D eigenvalue weighted by Gasteiger charge is -2.12. The van der Waals surface area contributed by atoms with Gasteiger partial charge in [-0.25, -0.2) is 4.98 Å². The zero-order valence-corrected chi connectivity index (χ0v) is 12.2. The molecule has 1 heterocycles. The second-order valence-electron chi connectivity index (χ2n) is 3.91. The first-order valence-electron chi connectivity index (χ1n) is 5.65. The minimum Gasteiger partial charge on any atom is -0.493 e. The fourth-order valence-electron chi connectivity index (χ4n) is 1.63. The van der Waals surface area contributed by atoms with Gasteiger partial charge in [-0.2, -0.15) is 0 Å². The summed E-state index contributed by atoms with van der Waals surface area (Å²) in [5, 5.41) is 12.5. The lowest BCUT2D eigenvalue weighted by atomic mass is 10.2. The maximum atomic E-state index is 9.12. The number of rotatable bonds is 5. The van der Waals surface area contributed by atoms with Crippen molar-refractivity contribution in [3.8, 4) is 11.5 Å². The first-order valence-corrected chi connectivity index (χ1v) is 6.91. The van der Waals surface area contributed by atoms with E-state index in [1.165, 1.54) is 7.11 Å². The fourth-order valence-corrected chi connectivity index (χ4v) is 2.51. The van der Waals surface area contributed by atoms with Crippen LogP contribution in [0.1, 0.15) is 16.3 Å². The number of aliphatic hydroxyl groups is 1. The highest BCUT2D eigenvalue weighted by atomic mass is 35.5. The third-order valence-electron chi connectivity index (χ3n) is 2.50. The van der Waals surface area contributed by atoms with Gasteiger partial charge < -0.3 is 14.6 Å². The van der Waals surface area contributed by atoms with E-state index >= 15 is 0 Å². The molecule has 0 radical (unpaired) electrons. The molecule has 0 aliphatic heterocycles. The Morgan fingerprint density at radius 3 is 2.79 bits per heavy atom. The third-order valence-corrected chi connectivity index (χ3v) is 3.61. The Hall–Kier alpha value is -1.30. The lowest BCUT2D eigenvalue weighted by molar-refractivity contribution is 0.273. The van der Waals surface area contributed by atoms with Gasteiger partial charge in [-0.15, -0.1) is 11.3 Å². The van der Waals surface area contributed by atoms with E-state index in [1.54, 1.807) is 23.5 Å². The zero-order valence-electron chi connectivity index (χ0n) is 10.6. The molecule has 19 heavy (non-hydrogen) atoms. The van der Waals surface area contributed by atoms with Crippen molar-refractivity contribution in [1.82, 2.24) is 4.98 Å². The van der Waals surface area contributed by atoms with Crippen LogP contribution in [0.15, 0.2) is 17.5 Å². The second-order valence-corrected chi connectivity index (χ2v) is 5.38. The van der Waals surface area contributed by atoms with Crippen LogP contribution in [-0.2, 0) is 13.2 Å². The molecular formula is C13H14ClNO3S. The maximum Gasteiger partial charge on any atom is 0.180 e. The van der Waals surface area contributed by atoms with Crippen LogP contribution >= 0.6 is 22.9 Å². The van der Waals surface area contributed by atoms with E-state index in [-0.39, 0.29) is 6.61 Å². The molecule has 0 aliphatic rings. The van der Waals surface area contributed by atoms with Crippen LogP contribution in [0.2, 0.25) is 5.02 Å². The van der Waals surface area contributed by atoms with Gasteiger partial charge in [-0.1, -0.05) is 11.6 Å². The number of methoxy groups -OCH3 is 1. The van der Waals surface area contributed by atoms with E-state index in [9.17, 15) is 0 Å². The van der Waals surface area contributed by atoms with Gasteiger partial charge in [0, 0.05) is 5.38 Å². The number of thiazole rings is 1. The van der Waals surface area contributed by atoms with E-state index in [1.807, 2.05) is 12.3 Å². The molecule has 0 spiro atoms. The Balaban J connectivity index is 2.19. The average Bonchev–Trinajstić information content (AvgIpc) is 2.82. The van der Waals surface area contributed by atoms with Gasteiger partial charge in [-0.05, 0) is 24.6 Å². The van der Waals surface area contributed by atoms with Gasteiger partial charge >= 0.3 is 0 Å². The van der Waals surface area contributed by atoms with Crippen LogP contribution in [0.25, 0.3) is 0 Å². The average molecular weight is 300 g/mol. The second kappa shape index (κ2) is 6.23. The van der Waals surface area contributed by atoms with Crippen LogP contribution < -0.4 is 9.47 Å². The summed E-state index contributed by atoms with van der Waals surface area (Å²) in [6, 6.07) is 3.36. The van der Waals surface area contributed by atoms with E-state index in [0.717, 1.165) is 10.7 Å². The van der Waals surface area contributed by atoms with Crippen molar-refractivity contribution in [3.05, 3.63) is 38.8 Å². The highest BCUT2D eigenvalue weighted by Gasteiger charge is 2.12. The summed E-state index contributed by atoms with van der Waals surface area (Å²) in [5.41, 5.74) is 1.53. The minimum atomic E-state index is -0.0956. The molecule has 2 rings (SSSR count). The van der Waals surface area contributed by atoms with E-state index < -0.39 is 0 Å². The molecule has 0 aliphatic carbocycles. The number of hydrogen-bond donors (Lipinski definition) is 1. The first kappa shape index (κ1) is 14.1. The van der Waals surface area contributed by atoms with Gasteiger partial charge in [0.2, 0.25) is 0 Å². The summed E-state index contributed by atoms with van der Waals surface area (Å²) in [6.07, 6.45) is 0. The number of aromatic nitrogens is 1. The predicted molar refractivity (Wildman–Crippen MR) is 75.1 cm³/mol. The summed E-state index contributed by atoms with van der Waals surface area (Å²) in [7, 11) is 1.53. The molecule has 0 bridgehead atoms. The van der Waals surface area contributed by atoms with Gasteiger partial charge in [0.1, 0.15) is 6.61 Å². The fraction of sp³-hybridized carbons (Fsp3) is 0.308. The standard InChI is InChI=1S/C13H14ClNO3S/c1-8-15-10(7-19-8)6-18-13-11(14)3-9(5-16)4-12(13)17-2/h3-4,7,16H,5-6H2,1-2H3. The SMILES string of the molecule is COc1cc(CO)cc(Cl)c1OCc1csc(C)n1. The summed E-state index contributed by atoms with van der Waals surface area (Å²) in [4.78, 5) is 4.31. The molecule has 0 amide bonds.